The van der Waals surface area contributed by atoms with Gasteiger partial charge in [-0.25, -0.2) is 0 Å². The molecule has 1 aromatic heterocycles. The molecule has 0 spiro atoms. The summed E-state index contributed by atoms with van der Waals surface area (Å²) in [6.45, 7) is 8.08. The number of ether oxygens (including phenoxy) is 1. The minimum absolute atomic E-state index is 0.375. The molecule has 132 valence electrons. The summed E-state index contributed by atoms with van der Waals surface area (Å²) in [7, 11) is 1.63. The molecule has 24 heavy (non-hydrogen) atoms. The monoisotopic (exact) mass is 330 g/mol. The zero-order valence-electron chi connectivity index (χ0n) is 15.1. The summed E-state index contributed by atoms with van der Waals surface area (Å²) in [4.78, 5) is 2.31. The average molecular weight is 330 g/mol. The summed E-state index contributed by atoms with van der Waals surface area (Å²) in [6, 6.07) is 14.8. The van der Waals surface area contributed by atoms with Crippen molar-refractivity contribution in [2.75, 3.05) is 26.8 Å². The van der Waals surface area contributed by atoms with Gasteiger partial charge in [-0.3, -0.25) is 4.90 Å². The summed E-state index contributed by atoms with van der Waals surface area (Å²) in [6.07, 6.45) is 1.67. The predicted molar refractivity (Wildman–Crippen MR) is 98.0 cm³/mol. The van der Waals surface area contributed by atoms with E-state index in [1.54, 1.807) is 7.11 Å². The van der Waals surface area contributed by atoms with Crippen molar-refractivity contribution in [3.8, 4) is 0 Å². The van der Waals surface area contributed by atoms with E-state index >= 15 is 0 Å². The van der Waals surface area contributed by atoms with Gasteiger partial charge in [0.15, 0.2) is 0 Å². The van der Waals surface area contributed by atoms with Gasteiger partial charge in [-0.2, -0.15) is 0 Å². The molecule has 0 saturated heterocycles. The second-order valence-corrected chi connectivity index (χ2v) is 6.81. The second-order valence-electron chi connectivity index (χ2n) is 6.81. The van der Waals surface area contributed by atoms with Crippen LogP contribution in [-0.4, -0.2) is 47.5 Å². The zero-order chi connectivity index (χ0) is 17.4. The third-order valence-electron chi connectivity index (χ3n) is 3.96. The molecule has 0 aliphatic heterocycles. The van der Waals surface area contributed by atoms with Gasteiger partial charge in [-0.15, -0.1) is 0 Å². The molecule has 1 N–H and O–H groups in total. The zero-order valence-corrected chi connectivity index (χ0v) is 15.1. The van der Waals surface area contributed by atoms with Gasteiger partial charge >= 0.3 is 0 Å². The first-order valence-corrected chi connectivity index (χ1v) is 8.65. The van der Waals surface area contributed by atoms with E-state index in [1.165, 1.54) is 11.3 Å². The Hall–Kier alpha value is -1.62. The smallest absolute Gasteiger partial charge is 0.0900 e. The van der Waals surface area contributed by atoms with Gasteiger partial charge < -0.3 is 14.4 Å². The summed E-state index contributed by atoms with van der Waals surface area (Å²) < 4.78 is 7.35. The van der Waals surface area contributed by atoms with Gasteiger partial charge in [0.25, 0.3) is 0 Å². The second kappa shape index (κ2) is 9.62. The molecule has 1 aromatic carbocycles. The summed E-state index contributed by atoms with van der Waals surface area (Å²) in [5, 5.41) is 10.1. The van der Waals surface area contributed by atoms with Crippen LogP contribution in [0.15, 0.2) is 48.7 Å². The number of aliphatic hydroxyl groups is 1. The van der Waals surface area contributed by atoms with Crippen LogP contribution in [0.5, 0.6) is 0 Å². The van der Waals surface area contributed by atoms with E-state index in [-0.39, 0.29) is 0 Å². The van der Waals surface area contributed by atoms with Crippen LogP contribution in [0.1, 0.15) is 25.1 Å². The Morgan fingerprint density at radius 2 is 1.83 bits per heavy atom. The van der Waals surface area contributed by atoms with Crippen LogP contribution in [0.3, 0.4) is 0 Å². The molecule has 2 aromatic rings. The maximum absolute atomic E-state index is 10.1. The van der Waals surface area contributed by atoms with E-state index in [0.717, 1.165) is 19.6 Å². The molecule has 0 aliphatic rings. The molecule has 0 fully saturated rings. The maximum atomic E-state index is 10.1. The van der Waals surface area contributed by atoms with Crippen LogP contribution in [-0.2, 0) is 17.8 Å². The predicted octanol–water partition coefficient (Wildman–Crippen LogP) is 3.00. The average Bonchev–Trinajstić information content (AvgIpc) is 2.94. The third-order valence-corrected chi connectivity index (χ3v) is 3.96. The number of benzene rings is 1. The maximum Gasteiger partial charge on any atom is 0.0900 e. The van der Waals surface area contributed by atoms with E-state index in [1.807, 2.05) is 6.07 Å². The Bertz CT molecular complexity index is 580. The van der Waals surface area contributed by atoms with E-state index in [4.69, 9.17) is 4.74 Å². The highest BCUT2D eigenvalue weighted by Crippen LogP contribution is 2.12. The SMILES string of the molecule is COC[C@@H](O)CN(Cc1cccn1Cc1ccccc1)CC(C)C. The normalized spacial score (nSPS) is 12.9. The Morgan fingerprint density at radius 3 is 2.50 bits per heavy atom. The lowest BCUT2D eigenvalue weighted by Gasteiger charge is -2.27. The minimum atomic E-state index is -0.453. The Kier molecular flexibility index (Phi) is 7.50. The molecule has 0 bridgehead atoms. The first-order chi connectivity index (χ1) is 11.6. The molecule has 0 aliphatic carbocycles. The van der Waals surface area contributed by atoms with Gasteiger partial charge in [0.2, 0.25) is 0 Å². The molecule has 0 amide bonds. The lowest BCUT2D eigenvalue weighted by molar-refractivity contribution is 0.0326. The van der Waals surface area contributed by atoms with Crippen molar-refractivity contribution in [2.24, 2.45) is 5.92 Å². The van der Waals surface area contributed by atoms with Crippen LogP contribution >= 0.6 is 0 Å². The lowest BCUT2D eigenvalue weighted by atomic mass is 10.2. The van der Waals surface area contributed by atoms with Crippen LogP contribution in [0.25, 0.3) is 0 Å². The molecule has 0 saturated carbocycles. The fourth-order valence-corrected chi connectivity index (χ4v) is 3.02. The van der Waals surface area contributed by atoms with Gasteiger partial charge in [0.05, 0.1) is 12.7 Å². The highest BCUT2D eigenvalue weighted by atomic mass is 16.5. The lowest BCUT2D eigenvalue weighted by Crippen LogP contribution is -2.37. The highest BCUT2D eigenvalue weighted by molar-refractivity contribution is 5.17. The molecule has 1 atom stereocenters. The van der Waals surface area contributed by atoms with Crippen molar-refractivity contribution >= 4 is 0 Å². The van der Waals surface area contributed by atoms with E-state index in [0.29, 0.717) is 19.1 Å². The van der Waals surface area contributed by atoms with Crippen molar-refractivity contribution in [3.05, 3.63) is 59.9 Å². The standard InChI is InChI=1S/C20H30N2O2/c1-17(2)12-21(15-20(23)16-24-3)14-19-10-7-11-22(19)13-18-8-5-4-6-9-18/h4-11,17,20,23H,12-16H2,1-3H3/t20-/m0/s1. The van der Waals surface area contributed by atoms with E-state index in [2.05, 4.69) is 65.9 Å². The van der Waals surface area contributed by atoms with E-state index < -0.39 is 6.10 Å². The Labute approximate surface area is 145 Å². The Balaban J connectivity index is 2.04. The number of rotatable bonds is 10. The number of methoxy groups -OCH3 is 1. The molecule has 4 heteroatoms. The van der Waals surface area contributed by atoms with E-state index in [9.17, 15) is 5.11 Å². The van der Waals surface area contributed by atoms with Crippen molar-refractivity contribution in [2.45, 2.75) is 33.0 Å². The topological polar surface area (TPSA) is 37.6 Å². The number of aromatic nitrogens is 1. The quantitative estimate of drug-likeness (QED) is 0.728. The minimum Gasteiger partial charge on any atom is -0.389 e. The van der Waals surface area contributed by atoms with Crippen molar-refractivity contribution in [1.82, 2.24) is 9.47 Å². The van der Waals surface area contributed by atoms with Crippen LogP contribution in [0.4, 0.5) is 0 Å². The number of nitrogens with zero attached hydrogens (tertiary/aromatic N) is 2. The summed E-state index contributed by atoms with van der Waals surface area (Å²) in [5.74, 6) is 0.553. The Morgan fingerprint density at radius 1 is 1.08 bits per heavy atom. The molecule has 4 nitrogen and oxygen atoms in total. The first-order valence-electron chi connectivity index (χ1n) is 8.65. The van der Waals surface area contributed by atoms with Crippen molar-refractivity contribution in [1.29, 1.82) is 0 Å². The fourth-order valence-electron chi connectivity index (χ4n) is 3.02. The van der Waals surface area contributed by atoms with Gasteiger partial charge in [0.1, 0.15) is 0 Å². The molecular formula is C20H30N2O2. The molecule has 2 rings (SSSR count). The first kappa shape index (κ1) is 18.7. The molecule has 0 unspecified atom stereocenters. The van der Waals surface area contributed by atoms with Gasteiger partial charge in [0, 0.05) is 45.2 Å². The molecule has 0 radical (unpaired) electrons. The van der Waals surface area contributed by atoms with Gasteiger partial charge in [-0.1, -0.05) is 44.2 Å². The fraction of sp³-hybridized carbons (Fsp3) is 0.500. The van der Waals surface area contributed by atoms with Crippen LogP contribution < -0.4 is 0 Å². The summed E-state index contributed by atoms with van der Waals surface area (Å²) in [5.41, 5.74) is 2.56. The summed E-state index contributed by atoms with van der Waals surface area (Å²) >= 11 is 0. The van der Waals surface area contributed by atoms with Crippen LogP contribution in [0.2, 0.25) is 0 Å². The number of hydrogen-bond donors (Lipinski definition) is 1. The van der Waals surface area contributed by atoms with Crippen molar-refractivity contribution in [3.63, 3.8) is 0 Å². The third kappa shape index (κ3) is 6.11. The van der Waals surface area contributed by atoms with Gasteiger partial charge in [-0.05, 0) is 23.6 Å². The van der Waals surface area contributed by atoms with Crippen LogP contribution in [0, 0.1) is 5.92 Å². The largest absolute Gasteiger partial charge is 0.389 e. The number of hydrogen-bond acceptors (Lipinski definition) is 3. The molecular weight excluding hydrogens is 300 g/mol. The molecule has 1 heterocycles. The highest BCUT2D eigenvalue weighted by Gasteiger charge is 2.15. The van der Waals surface area contributed by atoms with Crippen molar-refractivity contribution < 1.29 is 9.84 Å². The number of aliphatic hydroxyl groups excluding tert-OH is 1.